The number of aromatic nitrogens is 1. The molecule has 4 atom stereocenters. The molecule has 0 aliphatic carbocycles. The van der Waals surface area contributed by atoms with Crippen molar-refractivity contribution in [2.75, 3.05) is 50.8 Å². The number of carbonyl (C=O) groups is 3. The van der Waals surface area contributed by atoms with Gasteiger partial charge in [-0.15, -0.1) is 0 Å². The van der Waals surface area contributed by atoms with Crippen LogP contribution in [0.5, 0.6) is 17.2 Å². The number of anilines is 2. The highest BCUT2D eigenvalue weighted by Gasteiger charge is 2.31. The van der Waals surface area contributed by atoms with Crippen molar-refractivity contribution < 1.29 is 38.4 Å². The maximum atomic E-state index is 14.4. The highest BCUT2D eigenvalue weighted by Crippen LogP contribution is 2.34. The average Bonchev–Trinajstić information content (AvgIpc) is 3.58. The van der Waals surface area contributed by atoms with Gasteiger partial charge in [0.25, 0.3) is 11.8 Å². The van der Waals surface area contributed by atoms with Crippen LogP contribution in [0, 0.1) is 5.92 Å². The number of benzene rings is 2. The van der Waals surface area contributed by atoms with E-state index in [1.54, 1.807) is 72.3 Å². The van der Waals surface area contributed by atoms with Gasteiger partial charge in [0.05, 0.1) is 30.4 Å². The number of likely N-dealkylation sites (N-methyl/N-ethyl adjacent to an activating group) is 1. The zero-order valence-electron chi connectivity index (χ0n) is 28.4. The van der Waals surface area contributed by atoms with Crippen LogP contribution in [0.4, 0.5) is 16.2 Å². The fourth-order valence-electron chi connectivity index (χ4n) is 5.72. The summed E-state index contributed by atoms with van der Waals surface area (Å²) in [5.74, 6) is 0.646. The zero-order valence-corrected chi connectivity index (χ0v) is 28.4. The van der Waals surface area contributed by atoms with Gasteiger partial charge in [-0.3, -0.25) is 14.6 Å². The molecule has 49 heavy (non-hydrogen) atoms. The predicted molar refractivity (Wildman–Crippen MR) is 183 cm³/mol. The fourth-order valence-corrected chi connectivity index (χ4v) is 5.72. The number of pyridine rings is 1. The van der Waals surface area contributed by atoms with Gasteiger partial charge in [0, 0.05) is 68.1 Å². The second kappa shape index (κ2) is 16.5. The van der Waals surface area contributed by atoms with Crippen molar-refractivity contribution in [3.63, 3.8) is 0 Å². The summed E-state index contributed by atoms with van der Waals surface area (Å²) in [4.78, 5) is 47.6. The molecule has 1 aromatic heterocycles. The van der Waals surface area contributed by atoms with Gasteiger partial charge in [0.15, 0.2) is 11.5 Å². The van der Waals surface area contributed by atoms with Crippen LogP contribution in [0.2, 0.25) is 0 Å². The third kappa shape index (κ3) is 9.18. The molecule has 0 unspecified atom stereocenters. The van der Waals surface area contributed by atoms with Crippen LogP contribution in [-0.4, -0.2) is 96.1 Å². The highest BCUT2D eigenvalue weighted by molar-refractivity contribution is 6.05. The summed E-state index contributed by atoms with van der Waals surface area (Å²) in [6, 6.07) is 12.6. The first kappa shape index (κ1) is 35.4. The van der Waals surface area contributed by atoms with Crippen molar-refractivity contribution in [1.29, 1.82) is 0 Å². The molecule has 0 spiro atoms. The van der Waals surface area contributed by atoms with Crippen molar-refractivity contribution in [2.24, 2.45) is 5.92 Å². The Bertz CT molecular complexity index is 1610. The van der Waals surface area contributed by atoms with E-state index in [9.17, 15) is 19.5 Å². The van der Waals surface area contributed by atoms with Crippen LogP contribution in [0.3, 0.4) is 0 Å². The Hall–Kier alpha value is -4.88. The number of rotatable bonds is 7. The smallest absolute Gasteiger partial charge is 0.321 e. The van der Waals surface area contributed by atoms with Gasteiger partial charge >= 0.3 is 6.03 Å². The van der Waals surface area contributed by atoms with Gasteiger partial charge in [-0.2, -0.15) is 0 Å². The lowest BCUT2D eigenvalue weighted by Crippen LogP contribution is -2.48. The van der Waals surface area contributed by atoms with Crippen molar-refractivity contribution in [3.05, 3.63) is 72.1 Å². The standard InChI is InChI=1S/C36H45N5O8/c1-23-19-41(24(2)21-42)35(44)29-17-27(38-34(43)26-12-14-37-15-13-26)8-10-30(29)49-25(3)7-5-6-16-46-33(23)20-40(4)36(45)39-28-9-11-31-32(18-28)48-22-47-31/h8-15,17-18,23-25,33,42H,5-7,16,19-22H2,1-4H3,(H,38,43)(H,39,45)/t23-,24-,25-,33-/m1/s1. The lowest BCUT2D eigenvalue weighted by Gasteiger charge is -2.35. The summed E-state index contributed by atoms with van der Waals surface area (Å²) in [6.07, 6.45) is 4.80. The molecule has 13 nitrogen and oxygen atoms in total. The Balaban J connectivity index is 1.36. The van der Waals surface area contributed by atoms with Crippen LogP contribution in [0.25, 0.3) is 0 Å². The summed E-state index contributed by atoms with van der Waals surface area (Å²) >= 11 is 0. The van der Waals surface area contributed by atoms with E-state index >= 15 is 0 Å². The largest absolute Gasteiger partial charge is 0.490 e. The molecule has 262 valence electrons. The van der Waals surface area contributed by atoms with Crippen molar-refractivity contribution >= 4 is 29.2 Å². The Morgan fingerprint density at radius 2 is 1.71 bits per heavy atom. The lowest BCUT2D eigenvalue weighted by molar-refractivity contribution is -0.0115. The van der Waals surface area contributed by atoms with Crippen LogP contribution < -0.4 is 24.8 Å². The molecule has 0 saturated heterocycles. The minimum absolute atomic E-state index is 0.138. The molecule has 0 bridgehead atoms. The SMILES string of the molecule is C[C@@H]1CCCCO[C@H](CN(C)C(=O)Nc2ccc3c(c2)OCO3)[C@H](C)CN([C@H](C)CO)C(=O)c2cc(NC(=O)c3ccncc3)ccc2O1. The first-order valence-electron chi connectivity index (χ1n) is 16.6. The number of urea groups is 1. The topological polar surface area (TPSA) is 152 Å². The molecule has 3 heterocycles. The molecule has 2 aliphatic rings. The second-order valence-electron chi connectivity index (χ2n) is 12.6. The first-order chi connectivity index (χ1) is 23.6. The Morgan fingerprint density at radius 3 is 2.47 bits per heavy atom. The third-order valence-electron chi connectivity index (χ3n) is 8.68. The highest BCUT2D eigenvalue weighted by atomic mass is 16.7. The van der Waals surface area contributed by atoms with E-state index in [4.69, 9.17) is 18.9 Å². The maximum Gasteiger partial charge on any atom is 0.321 e. The van der Waals surface area contributed by atoms with Gasteiger partial charge < -0.3 is 44.5 Å². The van der Waals surface area contributed by atoms with E-state index in [1.165, 1.54) is 12.4 Å². The summed E-state index contributed by atoms with van der Waals surface area (Å²) in [7, 11) is 1.69. The summed E-state index contributed by atoms with van der Waals surface area (Å²) in [6.45, 7) is 6.52. The maximum absolute atomic E-state index is 14.4. The molecule has 13 heteroatoms. The van der Waals surface area contributed by atoms with Crippen molar-refractivity contribution in [3.8, 4) is 17.2 Å². The summed E-state index contributed by atoms with van der Waals surface area (Å²) in [5, 5.41) is 16.0. The van der Waals surface area contributed by atoms with Gasteiger partial charge in [-0.25, -0.2) is 4.79 Å². The summed E-state index contributed by atoms with van der Waals surface area (Å²) in [5.41, 5.74) is 1.69. The number of fused-ring (bicyclic) bond motifs is 2. The first-order valence-corrected chi connectivity index (χ1v) is 16.6. The van der Waals surface area contributed by atoms with Gasteiger partial charge in [-0.05, 0) is 75.6 Å². The lowest BCUT2D eigenvalue weighted by atomic mass is 10.0. The molecule has 0 radical (unpaired) electrons. The molecule has 2 aliphatic heterocycles. The van der Waals surface area contributed by atoms with Crippen LogP contribution in [0.15, 0.2) is 60.9 Å². The number of ether oxygens (including phenoxy) is 4. The molecule has 0 saturated carbocycles. The Kier molecular flexibility index (Phi) is 11.9. The third-order valence-corrected chi connectivity index (χ3v) is 8.68. The van der Waals surface area contributed by atoms with Gasteiger partial charge in [-0.1, -0.05) is 6.92 Å². The molecule has 3 aromatic rings. The minimum Gasteiger partial charge on any atom is -0.490 e. The van der Waals surface area contributed by atoms with E-state index in [0.29, 0.717) is 40.8 Å². The Labute approximate surface area is 286 Å². The van der Waals surface area contributed by atoms with Crippen LogP contribution >= 0.6 is 0 Å². The monoisotopic (exact) mass is 675 g/mol. The fraction of sp³-hybridized carbons (Fsp3) is 0.444. The van der Waals surface area contributed by atoms with Crippen LogP contribution in [-0.2, 0) is 4.74 Å². The van der Waals surface area contributed by atoms with E-state index in [0.717, 1.165) is 19.3 Å². The Morgan fingerprint density at radius 1 is 1.00 bits per heavy atom. The number of hydrogen-bond acceptors (Lipinski definition) is 9. The van der Waals surface area contributed by atoms with E-state index in [1.807, 2.05) is 13.8 Å². The number of carbonyl (C=O) groups excluding carboxylic acids is 3. The minimum atomic E-state index is -0.545. The normalized spacial score (nSPS) is 20.3. The quantitative estimate of drug-likeness (QED) is 0.314. The number of aliphatic hydroxyl groups excluding tert-OH is 1. The molecule has 2 aromatic carbocycles. The number of nitrogens with zero attached hydrogens (tertiary/aromatic N) is 3. The zero-order chi connectivity index (χ0) is 34.9. The molecule has 0 fully saturated rings. The second-order valence-corrected chi connectivity index (χ2v) is 12.6. The van der Waals surface area contributed by atoms with Crippen molar-refractivity contribution in [1.82, 2.24) is 14.8 Å². The van der Waals surface area contributed by atoms with Crippen LogP contribution in [0.1, 0.15) is 60.7 Å². The molecular weight excluding hydrogens is 630 g/mol. The molecule has 3 N–H and O–H groups in total. The predicted octanol–water partition coefficient (Wildman–Crippen LogP) is 5.02. The molecular formula is C36H45N5O8. The average molecular weight is 676 g/mol. The van der Waals surface area contributed by atoms with E-state index in [-0.39, 0.29) is 61.9 Å². The molecule has 4 amide bonds. The molecule has 5 rings (SSSR count). The van der Waals surface area contributed by atoms with Gasteiger partial charge in [0.1, 0.15) is 5.75 Å². The number of hydrogen-bond donors (Lipinski definition) is 3. The van der Waals surface area contributed by atoms with E-state index in [2.05, 4.69) is 15.6 Å². The number of nitrogens with one attached hydrogen (secondary N) is 2. The number of aliphatic hydroxyl groups is 1. The van der Waals surface area contributed by atoms with Gasteiger partial charge in [0.2, 0.25) is 6.79 Å². The van der Waals surface area contributed by atoms with E-state index < -0.39 is 12.1 Å². The number of amides is 4. The van der Waals surface area contributed by atoms with Crippen molar-refractivity contribution in [2.45, 2.75) is 58.3 Å². The summed E-state index contributed by atoms with van der Waals surface area (Å²) < 4.78 is 23.5.